The maximum Gasteiger partial charge on any atom is 0.271 e. The molecule has 0 spiro atoms. The number of carbonyl (C=O) groups excluding carboxylic acids is 1. The third kappa shape index (κ3) is 3.17. The van der Waals surface area contributed by atoms with Crippen LogP contribution in [0.4, 0.5) is 0 Å². The Hall–Kier alpha value is -1.20. The topological polar surface area (TPSA) is 42.0 Å². The highest BCUT2D eigenvalue weighted by molar-refractivity contribution is 7.21. The molecule has 2 aromatic rings. The van der Waals surface area contributed by atoms with Crippen molar-refractivity contribution in [3.63, 3.8) is 0 Å². The summed E-state index contributed by atoms with van der Waals surface area (Å²) >= 11 is 3.20. The molecule has 1 N–H and O–H groups in total. The van der Waals surface area contributed by atoms with Crippen LogP contribution in [0.1, 0.15) is 36.1 Å². The van der Waals surface area contributed by atoms with Gasteiger partial charge >= 0.3 is 0 Å². The molecule has 2 rings (SSSR count). The van der Waals surface area contributed by atoms with Crippen LogP contribution in [-0.2, 0) is 0 Å². The van der Waals surface area contributed by atoms with Crippen molar-refractivity contribution in [3.8, 4) is 9.88 Å². The van der Waals surface area contributed by atoms with Gasteiger partial charge in [0.05, 0.1) is 4.88 Å². The van der Waals surface area contributed by atoms with Crippen molar-refractivity contribution in [3.05, 3.63) is 28.1 Å². The van der Waals surface area contributed by atoms with Gasteiger partial charge in [-0.15, -0.1) is 22.7 Å². The Labute approximate surface area is 115 Å². The zero-order chi connectivity index (χ0) is 13.3. The minimum absolute atomic E-state index is 0.113. The Morgan fingerprint density at radius 1 is 1.33 bits per heavy atom. The van der Waals surface area contributed by atoms with Gasteiger partial charge in [0.1, 0.15) is 10.7 Å². The third-order valence-corrected chi connectivity index (χ3v) is 4.19. The standard InChI is InChI=1S/C13H16N2OS2/c1-8-5-6-10(18-8)12-14-9(7-17-12)11(16)15-13(2,3)4/h5-7H,1-4H3,(H,15,16). The normalized spacial score (nSPS) is 11.6. The Balaban J connectivity index is 2.18. The van der Waals surface area contributed by atoms with Crippen molar-refractivity contribution in [2.45, 2.75) is 33.2 Å². The molecule has 0 aromatic carbocycles. The second-order valence-electron chi connectivity index (χ2n) is 5.15. The van der Waals surface area contributed by atoms with E-state index in [4.69, 9.17) is 0 Å². The average molecular weight is 280 g/mol. The Bertz CT molecular complexity index is 564. The minimum Gasteiger partial charge on any atom is -0.346 e. The molecule has 0 aliphatic rings. The van der Waals surface area contributed by atoms with E-state index in [1.54, 1.807) is 11.3 Å². The van der Waals surface area contributed by atoms with Crippen LogP contribution in [0.15, 0.2) is 17.5 Å². The summed E-state index contributed by atoms with van der Waals surface area (Å²) in [7, 11) is 0. The van der Waals surface area contributed by atoms with E-state index in [1.807, 2.05) is 32.2 Å². The van der Waals surface area contributed by atoms with E-state index < -0.39 is 0 Å². The van der Waals surface area contributed by atoms with Crippen molar-refractivity contribution >= 4 is 28.6 Å². The number of hydrogen-bond donors (Lipinski definition) is 1. The summed E-state index contributed by atoms with van der Waals surface area (Å²) in [4.78, 5) is 18.7. The van der Waals surface area contributed by atoms with E-state index in [0.717, 1.165) is 9.88 Å². The Kier molecular flexibility index (Phi) is 3.54. The molecule has 0 unspecified atom stereocenters. The van der Waals surface area contributed by atoms with Gasteiger partial charge in [0.2, 0.25) is 0 Å². The second-order valence-corrected chi connectivity index (χ2v) is 7.30. The number of nitrogens with one attached hydrogen (secondary N) is 1. The summed E-state index contributed by atoms with van der Waals surface area (Å²) in [5, 5.41) is 5.63. The van der Waals surface area contributed by atoms with Gasteiger partial charge in [-0.1, -0.05) is 0 Å². The smallest absolute Gasteiger partial charge is 0.271 e. The lowest BCUT2D eigenvalue weighted by atomic mass is 10.1. The first-order chi connectivity index (χ1) is 8.35. The second kappa shape index (κ2) is 4.82. The summed E-state index contributed by atoms with van der Waals surface area (Å²) in [6.07, 6.45) is 0. The fraction of sp³-hybridized carbons (Fsp3) is 0.385. The van der Waals surface area contributed by atoms with Gasteiger partial charge in [-0.2, -0.15) is 0 Å². The number of aryl methyl sites for hydroxylation is 1. The number of rotatable bonds is 2. The SMILES string of the molecule is Cc1ccc(-c2nc(C(=O)NC(C)(C)C)cs2)s1. The number of hydrogen-bond acceptors (Lipinski definition) is 4. The molecule has 18 heavy (non-hydrogen) atoms. The van der Waals surface area contributed by atoms with Crippen LogP contribution in [0, 0.1) is 6.92 Å². The summed E-state index contributed by atoms with van der Waals surface area (Å²) < 4.78 is 0. The molecule has 96 valence electrons. The zero-order valence-corrected chi connectivity index (χ0v) is 12.5. The van der Waals surface area contributed by atoms with Crippen LogP contribution in [0.25, 0.3) is 9.88 Å². The zero-order valence-electron chi connectivity index (χ0n) is 10.9. The highest BCUT2D eigenvalue weighted by Crippen LogP contribution is 2.30. The summed E-state index contributed by atoms with van der Waals surface area (Å²) in [5.74, 6) is -0.113. The first-order valence-electron chi connectivity index (χ1n) is 5.70. The van der Waals surface area contributed by atoms with E-state index in [-0.39, 0.29) is 11.4 Å². The molecule has 5 heteroatoms. The van der Waals surface area contributed by atoms with Crippen molar-refractivity contribution in [1.82, 2.24) is 10.3 Å². The highest BCUT2D eigenvalue weighted by Gasteiger charge is 2.18. The third-order valence-electron chi connectivity index (χ3n) is 2.18. The molecule has 0 radical (unpaired) electrons. The molecule has 1 amide bonds. The van der Waals surface area contributed by atoms with Gasteiger partial charge in [-0.3, -0.25) is 4.79 Å². The molecule has 0 fully saturated rings. The van der Waals surface area contributed by atoms with E-state index in [0.29, 0.717) is 5.69 Å². The van der Waals surface area contributed by atoms with Crippen LogP contribution in [0.3, 0.4) is 0 Å². The molecule has 0 atom stereocenters. The number of thiophene rings is 1. The van der Waals surface area contributed by atoms with Gasteiger partial charge in [-0.25, -0.2) is 4.98 Å². The first kappa shape index (κ1) is 13.2. The van der Waals surface area contributed by atoms with Gasteiger partial charge in [0.25, 0.3) is 5.91 Å². The number of carbonyl (C=O) groups is 1. The molecule has 0 saturated carbocycles. The summed E-state index contributed by atoms with van der Waals surface area (Å²) in [5.41, 5.74) is 0.261. The summed E-state index contributed by atoms with van der Waals surface area (Å²) in [6.45, 7) is 7.94. The quantitative estimate of drug-likeness (QED) is 0.911. The predicted molar refractivity (Wildman–Crippen MR) is 77.4 cm³/mol. The molecule has 0 aliphatic carbocycles. The number of aromatic nitrogens is 1. The molecule has 0 bridgehead atoms. The van der Waals surface area contributed by atoms with Crippen LogP contribution >= 0.6 is 22.7 Å². The van der Waals surface area contributed by atoms with Crippen LogP contribution < -0.4 is 5.32 Å². The van der Waals surface area contributed by atoms with Crippen molar-refractivity contribution < 1.29 is 4.79 Å². The van der Waals surface area contributed by atoms with Crippen molar-refractivity contribution in [2.24, 2.45) is 0 Å². The van der Waals surface area contributed by atoms with E-state index in [9.17, 15) is 4.79 Å². The lowest BCUT2D eigenvalue weighted by Crippen LogP contribution is -2.40. The molecule has 2 heterocycles. The molecular formula is C13H16N2OS2. The molecular weight excluding hydrogens is 264 g/mol. The fourth-order valence-corrected chi connectivity index (χ4v) is 3.18. The van der Waals surface area contributed by atoms with E-state index in [1.165, 1.54) is 16.2 Å². The van der Waals surface area contributed by atoms with Crippen LogP contribution in [0.2, 0.25) is 0 Å². The molecule has 3 nitrogen and oxygen atoms in total. The number of thiazole rings is 1. The molecule has 2 aromatic heterocycles. The summed E-state index contributed by atoms with van der Waals surface area (Å²) in [6, 6.07) is 4.11. The van der Waals surface area contributed by atoms with Gasteiger partial charge < -0.3 is 5.32 Å². The van der Waals surface area contributed by atoms with Gasteiger partial charge in [0.15, 0.2) is 0 Å². The monoisotopic (exact) mass is 280 g/mol. The minimum atomic E-state index is -0.236. The molecule has 0 saturated heterocycles. The number of amides is 1. The highest BCUT2D eigenvalue weighted by atomic mass is 32.1. The van der Waals surface area contributed by atoms with Crippen LogP contribution in [-0.4, -0.2) is 16.4 Å². The van der Waals surface area contributed by atoms with E-state index >= 15 is 0 Å². The van der Waals surface area contributed by atoms with Crippen molar-refractivity contribution in [2.75, 3.05) is 0 Å². The fourth-order valence-electron chi connectivity index (χ4n) is 1.45. The largest absolute Gasteiger partial charge is 0.346 e. The predicted octanol–water partition coefficient (Wildman–Crippen LogP) is 3.71. The maximum absolute atomic E-state index is 11.9. The van der Waals surface area contributed by atoms with Crippen LogP contribution in [0.5, 0.6) is 0 Å². The molecule has 0 aliphatic heterocycles. The average Bonchev–Trinajstić information content (AvgIpc) is 2.82. The first-order valence-corrected chi connectivity index (χ1v) is 7.39. The Morgan fingerprint density at radius 2 is 2.06 bits per heavy atom. The lowest BCUT2D eigenvalue weighted by Gasteiger charge is -2.19. The lowest BCUT2D eigenvalue weighted by molar-refractivity contribution is 0.0915. The van der Waals surface area contributed by atoms with E-state index in [2.05, 4.69) is 23.3 Å². The Morgan fingerprint density at radius 3 is 2.61 bits per heavy atom. The van der Waals surface area contributed by atoms with Gasteiger partial charge in [0, 0.05) is 15.8 Å². The maximum atomic E-state index is 11.9. The van der Waals surface area contributed by atoms with Crippen molar-refractivity contribution in [1.29, 1.82) is 0 Å². The van der Waals surface area contributed by atoms with Gasteiger partial charge in [-0.05, 0) is 39.8 Å². The number of nitrogens with zero attached hydrogens (tertiary/aromatic N) is 1.